The van der Waals surface area contributed by atoms with E-state index in [2.05, 4.69) is 10.6 Å². The molecular weight excluding hydrogens is 746 g/mol. The lowest BCUT2D eigenvalue weighted by molar-refractivity contribution is -0.148. The van der Waals surface area contributed by atoms with E-state index in [-0.39, 0.29) is 13.2 Å². The number of benzene rings is 2. The highest BCUT2D eigenvalue weighted by Crippen LogP contribution is 2.14. The second-order valence-electron chi connectivity index (χ2n) is 13.1. The van der Waals surface area contributed by atoms with Gasteiger partial charge in [0.05, 0.1) is 12.8 Å². The Balaban J connectivity index is 2.16. The van der Waals surface area contributed by atoms with Crippen molar-refractivity contribution in [2.75, 3.05) is 0 Å². The first-order valence-electron chi connectivity index (χ1n) is 17.2. The zero-order valence-corrected chi connectivity index (χ0v) is 30.9. The van der Waals surface area contributed by atoms with Crippen LogP contribution in [0.1, 0.15) is 51.7 Å². The highest BCUT2D eigenvalue weighted by molar-refractivity contribution is 6.18. The molecule has 2 aromatic rings. The summed E-state index contributed by atoms with van der Waals surface area (Å²) in [5, 5.41) is 27.0. The number of carbonyl (C=O) groups excluding carboxylic acids is 7. The Morgan fingerprint density at radius 2 is 0.857 bits per heavy atom. The number of nitrogens with one attached hydrogen (secondary N) is 4. The molecule has 17 nitrogen and oxygen atoms in total. The van der Waals surface area contributed by atoms with Gasteiger partial charge in [-0.15, -0.1) is 0 Å². The van der Waals surface area contributed by atoms with Crippen LogP contribution < -0.4 is 21.3 Å². The Kier molecular flexibility index (Phi) is 18.2. The first kappa shape index (κ1) is 45.9. The maximum atomic E-state index is 15.4. The summed E-state index contributed by atoms with van der Waals surface area (Å²) >= 11 is 0. The van der Waals surface area contributed by atoms with Gasteiger partial charge >= 0.3 is 24.1 Å². The number of carboxylic acids is 2. The molecule has 4 amide bonds. The van der Waals surface area contributed by atoms with Crippen LogP contribution >= 0.6 is 0 Å². The minimum Gasteiger partial charge on any atom is -0.481 e. The van der Waals surface area contributed by atoms with Gasteiger partial charge in [-0.05, 0) is 23.0 Å². The predicted octanol–water partition coefficient (Wildman–Crippen LogP) is 2.19. The molecule has 0 aromatic heterocycles. The van der Waals surface area contributed by atoms with Crippen LogP contribution in [0.15, 0.2) is 60.7 Å². The Morgan fingerprint density at radius 3 is 1.14 bits per heavy atom. The van der Waals surface area contributed by atoms with Crippen LogP contribution in [0.4, 0.5) is 18.4 Å². The second-order valence-corrected chi connectivity index (χ2v) is 13.1. The van der Waals surface area contributed by atoms with Gasteiger partial charge in [0, 0.05) is 0 Å². The lowest BCUT2D eigenvalue weighted by Gasteiger charge is -2.26. The van der Waals surface area contributed by atoms with Gasteiger partial charge in [-0.3, -0.25) is 33.6 Å². The van der Waals surface area contributed by atoms with E-state index in [1.807, 2.05) is 10.6 Å². The summed E-state index contributed by atoms with van der Waals surface area (Å²) in [6, 6.07) is 9.23. The molecular formula is C37H44F2N4O13. The van der Waals surface area contributed by atoms with Gasteiger partial charge in [-0.1, -0.05) is 88.4 Å². The monoisotopic (exact) mass is 790 g/mol. The molecule has 56 heavy (non-hydrogen) atoms. The molecule has 0 saturated carbocycles. The SMILES string of the molecule is CC(C)[C@H](NC(=O)OCc1ccccc1)C(=O)NC(CC(=O)O)C(=O)C(F)C(=O)C(F)C(=O)C(CC(=O)O)NC(=O)[C@@H](NC(=O)OCc1ccccc1)C(C)C. The van der Waals surface area contributed by atoms with Crippen LogP contribution in [0, 0.1) is 11.8 Å². The number of alkyl carbamates (subject to hydrolysis) is 2. The number of hydrogen-bond acceptors (Lipinski definition) is 11. The van der Waals surface area contributed by atoms with Crippen molar-refractivity contribution in [3.05, 3.63) is 71.8 Å². The fraction of sp³-hybridized carbons (Fsp3) is 0.432. The van der Waals surface area contributed by atoms with Crippen molar-refractivity contribution in [3.63, 3.8) is 0 Å². The molecule has 2 rings (SSSR count). The zero-order valence-electron chi connectivity index (χ0n) is 30.9. The third-order valence-electron chi connectivity index (χ3n) is 7.95. The molecule has 4 unspecified atom stereocenters. The van der Waals surface area contributed by atoms with Crippen LogP contribution in [0.25, 0.3) is 0 Å². The average molecular weight is 791 g/mol. The van der Waals surface area contributed by atoms with Crippen molar-refractivity contribution in [2.24, 2.45) is 11.8 Å². The summed E-state index contributed by atoms with van der Waals surface area (Å²) in [5.74, 6) is -13.7. The molecule has 0 bridgehead atoms. The van der Waals surface area contributed by atoms with E-state index in [0.29, 0.717) is 11.1 Å². The molecule has 0 aliphatic heterocycles. The maximum absolute atomic E-state index is 15.4. The van der Waals surface area contributed by atoms with E-state index in [0.717, 1.165) is 0 Å². The predicted molar refractivity (Wildman–Crippen MR) is 190 cm³/mol. The highest BCUT2D eigenvalue weighted by Gasteiger charge is 2.44. The largest absolute Gasteiger partial charge is 0.481 e. The molecule has 0 radical (unpaired) electrons. The molecule has 0 aliphatic rings. The molecule has 0 spiro atoms. The summed E-state index contributed by atoms with van der Waals surface area (Å²) in [7, 11) is 0. The van der Waals surface area contributed by atoms with Gasteiger partial charge in [0.2, 0.25) is 29.9 Å². The topological polar surface area (TPSA) is 261 Å². The first-order chi connectivity index (χ1) is 26.3. The number of halogens is 2. The standard InChI is InChI=1S/C37H44F2N4O13/c1-19(2)29(42-36(53)55-17-21-11-7-5-8-12-21)34(51)40-23(15-25(44)45)31(48)27(38)33(50)28(39)32(49)24(16-26(46)47)41-35(52)30(20(3)4)43-37(54)56-18-22-13-9-6-10-14-22/h5-14,19-20,23-24,27-30H,15-18H2,1-4H3,(H,40,51)(H,41,52)(H,42,53)(H,43,54)(H,44,45)(H,46,47)/t23?,24?,27?,28?,29-,30-/m0/s1. The number of ketones is 3. The van der Waals surface area contributed by atoms with Gasteiger partial charge in [0.1, 0.15) is 37.4 Å². The quantitative estimate of drug-likeness (QED) is 0.0936. The van der Waals surface area contributed by atoms with Crippen molar-refractivity contribution in [2.45, 2.75) is 90.3 Å². The number of carbonyl (C=O) groups is 9. The van der Waals surface area contributed by atoms with E-state index in [1.54, 1.807) is 60.7 Å². The molecule has 19 heteroatoms. The van der Waals surface area contributed by atoms with E-state index in [1.165, 1.54) is 27.7 Å². The Labute approximate surface area is 319 Å². The third kappa shape index (κ3) is 14.9. The Hall–Kier alpha value is -6.27. The number of rotatable bonds is 22. The summed E-state index contributed by atoms with van der Waals surface area (Å²) in [6.45, 7) is 5.45. The fourth-order valence-corrected chi connectivity index (χ4v) is 4.93. The van der Waals surface area contributed by atoms with Crippen LogP contribution in [0.2, 0.25) is 0 Å². The minimum atomic E-state index is -3.56. The van der Waals surface area contributed by atoms with Crippen LogP contribution in [0.3, 0.4) is 0 Å². The van der Waals surface area contributed by atoms with E-state index >= 15 is 8.78 Å². The lowest BCUT2D eigenvalue weighted by Crippen LogP contribution is -2.57. The van der Waals surface area contributed by atoms with Crippen molar-refractivity contribution in [3.8, 4) is 0 Å². The second kappa shape index (κ2) is 22.2. The van der Waals surface area contributed by atoms with Crippen molar-refractivity contribution in [1.29, 1.82) is 0 Å². The molecule has 0 saturated heterocycles. The smallest absolute Gasteiger partial charge is 0.408 e. The lowest BCUT2D eigenvalue weighted by atomic mass is 9.94. The number of alkyl halides is 2. The average Bonchev–Trinajstić information content (AvgIpc) is 3.15. The molecule has 0 heterocycles. The summed E-state index contributed by atoms with van der Waals surface area (Å²) in [5.41, 5.74) is 1.21. The normalized spacial score (nSPS) is 14.1. The number of amides is 4. The van der Waals surface area contributed by atoms with E-state index < -0.39 is 114 Å². The number of aliphatic carboxylic acids is 2. The van der Waals surface area contributed by atoms with Crippen molar-refractivity contribution in [1.82, 2.24) is 21.3 Å². The molecule has 6 atom stereocenters. The maximum Gasteiger partial charge on any atom is 0.408 e. The fourth-order valence-electron chi connectivity index (χ4n) is 4.93. The van der Waals surface area contributed by atoms with Gasteiger partial charge in [-0.2, -0.15) is 0 Å². The molecule has 2 aromatic carbocycles. The minimum absolute atomic E-state index is 0.190. The zero-order chi connectivity index (χ0) is 42.1. The first-order valence-corrected chi connectivity index (χ1v) is 17.2. The van der Waals surface area contributed by atoms with Crippen LogP contribution in [0.5, 0.6) is 0 Å². The molecule has 6 N–H and O–H groups in total. The third-order valence-corrected chi connectivity index (χ3v) is 7.95. The van der Waals surface area contributed by atoms with Gasteiger partial charge in [-0.25, -0.2) is 18.4 Å². The van der Waals surface area contributed by atoms with Crippen LogP contribution in [-0.2, 0) is 56.2 Å². The number of carboxylic acid groups (broad SMARTS) is 2. The Morgan fingerprint density at radius 1 is 0.536 bits per heavy atom. The van der Waals surface area contributed by atoms with E-state index in [4.69, 9.17) is 9.47 Å². The number of Topliss-reactive ketones (excluding diaryl/α,β-unsaturated/α-hetero) is 3. The summed E-state index contributed by atoms with van der Waals surface area (Å²) in [6.07, 6.45) is -11.9. The molecule has 0 fully saturated rings. The van der Waals surface area contributed by atoms with Crippen LogP contribution in [-0.4, -0.2) is 100 Å². The van der Waals surface area contributed by atoms with Gasteiger partial charge in [0.15, 0.2) is 11.6 Å². The van der Waals surface area contributed by atoms with Gasteiger partial charge < -0.3 is 41.0 Å². The van der Waals surface area contributed by atoms with Gasteiger partial charge in [0.25, 0.3) is 0 Å². The molecule has 0 aliphatic carbocycles. The number of ether oxygens (including phenoxy) is 2. The van der Waals surface area contributed by atoms with Crippen molar-refractivity contribution >= 4 is 53.3 Å². The van der Waals surface area contributed by atoms with E-state index in [9.17, 15) is 53.4 Å². The summed E-state index contributed by atoms with van der Waals surface area (Å²) in [4.78, 5) is 113. The molecule has 304 valence electrons. The van der Waals surface area contributed by atoms with Crippen molar-refractivity contribution < 1.29 is 71.6 Å². The summed E-state index contributed by atoms with van der Waals surface area (Å²) < 4.78 is 40.9. The Bertz CT molecular complexity index is 1600. The number of hydrogen-bond donors (Lipinski definition) is 6. The highest BCUT2D eigenvalue weighted by atomic mass is 19.1.